The van der Waals surface area contributed by atoms with Crippen molar-refractivity contribution in [1.82, 2.24) is 10.6 Å². The topological polar surface area (TPSA) is 68.8 Å². The number of methoxy groups -OCH3 is 3. The van der Waals surface area contributed by atoms with Crippen molar-refractivity contribution in [1.29, 1.82) is 0 Å². The van der Waals surface area contributed by atoms with E-state index in [2.05, 4.69) is 10.6 Å². The fourth-order valence-electron chi connectivity index (χ4n) is 2.87. The molecule has 128 valence electrons. The zero-order valence-corrected chi connectivity index (χ0v) is 14.1. The van der Waals surface area contributed by atoms with Gasteiger partial charge in [-0.25, -0.2) is 0 Å². The summed E-state index contributed by atoms with van der Waals surface area (Å²) in [5, 5.41) is 6.36. The fraction of sp³-hybridized carbons (Fsp3) is 0.588. The monoisotopic (exact) mass is 322 g/mol. The number of carbonyl (C=O) groups is 1. The molecule has 1 unspecified atom stereocenters. The van der Waals surface area contributed by atoms with Crippen molar-refractivity contribution in [2.75, 3.05) is 41.0 Å². The first-order valence-electron chi connectivity index (χ1n) is 7.98. The summed E-state index contributed by atoms with van der Waals surface area (Å²) in [5.41, 5.74) is 0.501. The number of hydrogen-bond acceptors (Lipinski definition) is 5. The van der Waals surface area contributed by atoms with Crippen molar-refractivity contribution in [2.45, 2.75) is 19.3 Å². The fourth-order valence-corrected chi connectivity index (χ4v) is 2.87. The van der Waals surface area contributed by atoms with Gasteiger partial charge in [-0.05, 0) is 50.4 Å². The van der Waals surface area contributed by atoms with Gasteiger partial charge in [0.2, 0.25) is 5.75 Å². The van der Waals surface area contributed by atoms with Gasteiger partial charge in [0.25, 0.3) is 5.91 Å². The Balaban J connectivity index is 1.98. The quantitative estimate of drug-likeness (QED) is 0.801. The highest BCUT2D eigenvalue weighted by atomic mass is 16.5. The maximum Gasteiger partial charge on any atom is 0.251 e. The highest BCUT2D eigenvalue weighted by Gasteiger charge is 2.17. The van der Waals surface area contributed by atoms with Crippen LogP contribution in [0.2, 0.25) is 0 Å². The smallest absolute Gasteiger partial charge is 0.251 e. The van der Waals surface area contributed by atoms with E-state index in [1.807, 2.05) is 0 Å². The van der Waals surface area contributed by atoms with Gasteiger partial charge >= 0.3 is 0 Å². The second kappa shape index (κ2) is 8.62. The number of carbonyl (C=O) groups excluding carboxylic acids is 1. The minimum absolute atomic E-state index is 0.131. The molecular formula is C17H26N2O4. The molecule has 0 spiro atoms. The highest BCUT2D eigenvalue weighted by molar-refractivity contribution is 5.95. The molecule has 0 saturated carbocycles. The Kier molecular flexibility index (Phi) is 6.52. The van der Waals surface area contributed by atoms with Crippen LogP contribution in [0.4, 0.5) is 0 Å². The standard InChI is InChI=1S/C17H26N2O4/c1-21-14-9-13(10-15(22-2)16(14)23-3)17(20)19-8-6-12-5-4-7-18-11-12/h9-10,12,18H,4-8,11H2,1-3H3,(H,19,20). The van der Waals surface area contributed by atoms with E-state index in [0.717, 1.165) is 19.5 Å². The Labute approximate surface area is 137 Å². The lowest BCUT2D eigenvalue weighted by Crippen LogP contribution is -2.33. The van der Waals surface area contributed by atoms with E-state index in [1.165, 1.54) is 27.1 Å². The van der Waals surface area contributed by atoms with E-state index in [9.17, 15) is 4.79 Å². The van der Waals surface area contributed by atoms with Gasteiger partial charge in [0.15, 0.2) is 11.5 Å². The van der Waals surface area contributed by atoms with Crippen LogP contribution in [0.25, 0.3) is 0 Å². The number of benzene rings is 1. The normalized spacial score (nSPS) is 17.4. The Morgan fingerprint density at radius 1 is 1.22 bits per heavy atom. The molecule has 6 nitrogen and oxygen atoms in total. The van der Waals surface area contributed by atoms with Gasteiger partial charge in [-0.3, -0.25) is 4.79 Å². The molecule has 2 N–H and O–H groups in total. The summed E-state index contributed by atoms with van der Waals surface area (Å²) in [5.74, 6) is 1.96. The molecule has 0 aliphatic carbocycles. The number of amides is 1. The van der Waals surface area contributed by atoms with Crippen LogP contribution in [0.1, 0.15) is 29.6 Å². The molecular weight excluding hydrogens is 296 g/mol. The van der Waals surface area contributed by atoms with E-state index in [0.29, 0.717) is 35.3 Å². The van der Waals surface area contributed by atoms with Crippen LogP contribution in [-0.2, 0) is 0 Å². The summed E-state index contributed by atoms with van der Waals surface area (Å²) in [7, 11) is 4.61. The van der Waals surface area contributed by atoms with Crippen LogP contribution in [0.5, 0.6) is 17.2 Å². The molecule has 23 heavy (non-hydrogen) atoms. The molecule has 1 aliphatic heterocycles. The van der Waals surface area contributed by atoms with E-state index in [1.54, 1.807) is 19.2 Å². The Hall–Kier alpha value is -1.95. The Morgan fingerprint density at radius 2 is 1.91 bits per heavy atom. The van der Waals surface area contributed by atoms with Crippen LogP contribution in [0.3, 0.4) is 0 Å². The van der Waals surface area contributed by atoms with Crippen molar-refractivity contribution in [3.8, 4) is 17.2 Å². The Bertz CT molecular complexity index is 502. The third-order valence-corrected chi connectivity index (χ3v) is 4.16. The van der Waals surface area contributed by atoms with Crippen LogP contribution in [0.15, 0.2) is 12.1 Å². The average Bonchev–Trinajstić information content (AvgIpc) is 2.61. The molecule has 1 saturated heterocycles. The summed E-state index contributed by atoms with van der Waals surface area (Å²) < 4.78 is 15.8. The molecule has 1 aliphatic rings. The zero-order chi connectivity index (χ0) is 16.7. The Morgan fingerprint density at radius 3 is 2.43 bits per heavy atom. The third kappa shape index (κ3) is 4.51. The minimum Gasteiger partial charge on any atom is -0.493 e. The highest BCUT2D eigenvalue weighted by Crippen LogP contribution is 2.38. The summed E-state index contributed by atoms with van der Waals surface area (Å²) >= 11 is 0. The second-order valence-electron chi connectivity index (χ2n) is 5.67. The first kappa shape index (κ1) is 17.4. The van der Waals surface area contributed by atoms with Gasteiger partial charge in [0, 0.05) is 12.1 Å². The predicted octanol–water partition coefficient (Wildman–Crippen LogP) is 1.83. The molecule has 1 fully saturated rings. The lowest BCUT2D eigenvalue weighted by molar-refractivity contribution is 0.0950. The van der Waals surface area contributed by atoms with Crippen molar-refractivity contribution < 1.29 is 19.0 Å². The zero-order valence-electron chi connectivity index (χ0n) is 14.1. The first-order valence-corrected chi connectivity index (χ1v) is 7.98. The van der Waals surface area contributed by atoms with Crippen LogP contribution < -0.4 is 24.8 Å². The van der Waals surface area contributed by atoms with Crippen LogP contribution in [0, 0.1) is 5.92 Å². The summed E-state index contributed by atoms with van der Waals surface area (Å²) in [6.45, 7) is 2.82. The molecule has 1 aromatic carbocycles. The van der Waals surface area contributed by atoms with E-state index in [4.69, 9.17) is 14.2 Å². The molecule has 1 amide bonds. The molecule has 0 aromatic heterocycles. The summed E-state index contributed by atoms with van der Waals surface area (Å²) in [6.07, 6.45) is 3.43. The number of rotatable bonds is 7. The van der Waals surface area contributed by atoms with Crippen molar-refractivity contribution in [2.24, 2.45) is 5.92 Å². The molecule has 1 aromatic rings. The average molecular weight is 322 g/mol. The van der Waals surface area contributed by atoms with Gasteiger partial charge in [-0.1, -0.05) is 0 Å². The lowest BCUT2D eigenvalue weighted by atomic mass is 9.96. The summed E-state index contributed by atoms with van der Waals surface area (Å²) in [4.78, 5) is 12.3. The second-order valence-corrected chi connectivity index (χ2v) is 5.67. The molecule has 1 atom stereocenters. The molecule has 1 heterocycles. The molecule has 6 heteroatoms. The van der Waals surface area contributed by atoms with Gasteiger partial charge in [0.1, 0.15) is 0 Å². The van der Waals surface area contributed by atoms with E-state index in [-0.39, 0.29) is 5.91 Å². The van der Waals surface area contributed by atoms with Gasteiger partial charge in [0.05, 0.1) is 21.3 Å². The SMILES string of the molecule is COc1cc(C(=O)NCCC2CCCNC2)cc(OC)c1OC. The van der Waals surface area contributed by atoms with E-state index >= 15 is 0 Å². The third-order valence-electron chi connectivity index (χ3n) is 4.16. The number of piperidine rings is 1. The predicted molar refractivity (Wildman–Crippen MR) is 88.6 cm³/mol. The van der Waals surface area contributed by atoms with Crippen molar-refractivity contribution >= 4 is 5.91 Å². The van der Waals surface area contributed by atoms with Crippen LogP contribution in [-0.4, -0.2) is 46.9 Å². The number of hydrogen-bond donors (Lipinski definition) is 2. The lowest BCUT2D eigenvalue weighted by Gasteiger charge is -2.22. The number of nitrogens with one attached hydrogen (secondary N) is 2. The van der Waals surface area contributed by atoms with Crippen molar-refractivity contribution in [3.63, 3.8) is 0 Å². The van der Waals surface area contributed by atoms with Gasteiger partial charge in [-0.15, -0.1) is 0 Å². The first-order chi connectivity index (χ1) is 11.2. The summed E-state index contributed by atoms with van der Waals surface area (Å²) in [6, 6.07) is 3.33. The minimum atomic E-state index is -0.131. The van der Waals surface area contributed by atoms with E-state index < -0.39 is 0 Å². The maximum absolute atomic E-state index is 12.3. The van der Waals surface area contributed by atoms with Crippen LogP contribution >= 0.6 is 0 Å². The van der Waals surface area contributed by atoms with Gasteiger partial charge in [-0.2, -0.15) is 0 Å². The number of ether oxygens (including phenoxy) is 3. The molecule has 0 bridgehead atoms. The maximum atomic E-state index is 12.3. The molecule has 0 radical (unpaired) electrons. The molecule has 2 rings (SSSR count). The van der Waals surface area contributed by atoms with Gasteiger partial charge < -0.3 is 24.8 Å². The largest absolute Gasteiger partial charge is 0.493 e. The van der Waals surface area contributed by atoms with Crippen molar-refractivity contribution in [3.05, 3.63) is 17.7 Å².